The van der Waals surface area contributed by atoms with Crippen LogP contribution in [0.5, 0.6) is 0 Å². The number of carbonyl (C=O) groups excluding carboxylic acids is 4. The molecule has 2 rings (SSSR count). The molecule has 4 atom stereocenters. The van der Waals surface area contributed by atoms with Gasteiger partial charge in [0.25, 0.3) is 0 Å². The Morgan fingerprint density at radius 1 is 0.958 bits per heavy atom. The number of hydrogen-bond acceptors (Lipinski definition) is 4. The predicted molar refractivity (Wildman–Crippen MR) is 90.9 cm³/mol. The van der Waals surface area contributed by atoms with Crippen molar-refractivity contribution in [3.63, 3.8) is 0 Å². The number of rotatable bonds is 6. The Morgan fingerprint density at radius 2 is 1.54 bits per heavy atom. The fourth-order valence-corrected chi connectivity index (χ4v) is 4.05. The first-order valence-corrected chi connectivity index (χ1v) is 8.33. The summed E-state index contributed by atoms with van der Waals surface area (Å²) in [6.45, 7) is 5.98. The van der Waals surface area contributed by atoms with Gasteiger partial charge in [0.1, 0.15) is 23.1 Å². The lowest BCUT2D eigenvalue weighted by molar-refractivity contribution is -0.130. The van der Waals surface area contributed by atoms with E-state index < -0.39 is 17.8 Å². The van der Waals surface area contributed by atoms with Crippen LogP contribution in [-0.2, 0) is 19.2 Å². The quantitative estimate of drug-likeness (QED) is 0.804. The third-order valence-corrected chi connectivity index (χ3v) is 5.12. The van der Waals surface area contributed by atoms with Crippen LogP contribution in [0.1, 0.15) is 63.5 Å². The molecule has 4 nitrogen and oxygen atoms in total. The highest BCUT2D eigenvalue weighted by Crippen LogP contribution is 2.47. The summed E-state index contributed by atoms with van der Waals surface area (Å²) in [5.74, 6) is -1.71. The Hall–Kier alpha value is -2.10. The summed E-state index contributed by atoms with van der Waals surface area (Å²) >= 11 is 0. The molecular formula is C20H24O4. The molecule has 0 amide bonds. The molecule has 0 saturated carbocycles. The number of hydrogen-bond donors (Lipinski definition) is 0. The largest absolute Gasteiger partial charge is 0.300 e. The molecule has 1 aromatic rings. The van der Waals surface area contributed by atoms with Crippen molar-refractivity contribution in [1.82, 2.24) is 0 Å². The predicted octanol–water partition coefficient (Wildman–Crippen LogP) is 3.24. The minimum Gasteiger partial charge on any atom is -0.300 e. The van der Waals surface area contributed by atoms with E-state index in [9.17, 15) is 19.2 Å². The molecule has 24 heavy (non-hydrogen) atoms. The molecule has 1 aromatic carbocycles. The lowest BCUT2D eigenvalue weighted by atomic mass is 9.63. The molecule has 0 heterocycles. The van der Waals surface area contributed by atoms with E-state index >= 15 is 0 Å². The summed E-state index contributed by atoms with van der Waals surface area (Å²) in [7, 11) is 0. The second-order valence-electron chi connectivity index (χ2n) is 6.90. The standard InChI is InChI=1S/C20H24O4/c1-11(21)9-17(12(2)22)19-10-18(13(3)23)20(14(4)24)16-8-6-5-7-15(16)19/h5-8,17-20H,9-10H2,1-4H3. The van der Waals surface area contributed by atoms with Gasteiger partial charge in [-0.25, -0.2) is 0 Å². The van der Waals surface area contributed by atoms with Crippen LogP contribution in [0.2, 0.25) is 0 Å². The molecule has 0 aliphatic heterocycles. The molecule has 128 valence electrons. The first kappa shape index (κ1) is 18.2. The molecule has 4 heteroatoms. The zero-order valence-corrected chi connectivity index (χ0v) is 14.7. The van der Waals surface area contributed by atoms with Crippen molar-refractivity contribution in [3.8, 4) is 0 Å². The van der Waals surface area contributed by atoms with E-state index in [2.05, 4.69) is 0 Å². The molecular weight excluding hydrogens is 304 g/mol. The highest BCUT2D eigenvalue weighted by molar-refractivity contribution is 5.93. The molecule has 0 aromatic heterocycles. The van der Waals surface area contributed by atoms with E-state index in [-0.39, 0.29) is 35.5 Å². The maximum atomic E-state index is 12.2. The lowest BCUT2D eigenvalue weighted by Gasteiger charge is -2.38. The van der Waals surface area contributed by atoms with Crippen LogP contribution in [0, 0.1) is 11.8 Å². The normalized spacial score (nSPS) is 23.9. The topological polar surface area (TPSA) is 68.3 Å². The number of benzene rings is 1. The van der Waals surface area contributed by atoms with E-state index in [4.69, 9.17) is 0 Å². The van der Waals surface area contributed by atoms with Gasteiger partial charge in [-0.1, -0.05) is 24.3 Å². The van der Waals surface area contributed by atoms with Crippen molar-refractivity contribution in [2.24, 2.45) is 11.8 Å². The van der Waals surface area contributed by atoms with Crippen molar-refractivity contribution in [1.29, 1.82) is 0 Å². The van der Waals surface area contributed by atoms with Gasteiger partial charge >= 0.3 is 0 Å². The van der Waals surface area contributed by atoms with Gasteiger partial charge in [0.15, 0.2) is 0 Å². The zero-order chi connectivity index (χ0) is 18.0. The Kier molecular flexibility index (Phi) is 5.47. The third-order valence-electron chi connectivity index (χ3n) is 5.12. The SMILES string of the molecule is CC(=O)CC(C(C)=O)C1CC(C(C)=O)C(C(C)=O)c2ccccc21. The lowest BCUT2D eigenvalue weighted by Crippen LogP contribution is -2.36. The van der Waals surface area contributed by atoms with Crippen molar-refractivity contribution in [2.75, 3.05) is 0 Å². The second-order valence-corrected chi connectivity index (χ2v) is 6.90. The third kappa shape index (κ3) is 3.53. The number of carbonyl (C=O) groups is 4. The Labute approximate surface area is 142 Å². The first-order chi connectivity index (χ1) is 11.2. The molecule has 0 N–H and O–H groups in total. The highest BCUT2D eigenvalue weighted by Gasteiger charge is 2.43. The molecule has 1 aliphatic carbocycles. The minimum absolute atomic E-state index is 0.0351. The average molecular weight is 328 g/mol. The van der Waals surface area contributed by atoms with Gasteiger partial charge in [0.2, 0.25) is 0 Å². The maximum absolute atomic E-state index is 12.2. The van der Waals surface area contributed by atoms with Crippen LogP contribution in [0.25, 0.3) is 0 Å². The first-order valence-electron chi connectivity index (χ1n) is 8.33. The summed E-state index contributed by atoms with van der Waals surface area (Å²) in [5.41, 5.74) is 1.76. The molecule has 0 spiro atoms. The van der Waals surface area contributed by atoms with Crippen molar-refractivity contribution in [2.45, 2.75) is 52.4 Å². The van der Waals surface area contributed by atoms with E-state index in [1.165, 1.54) is 27.7 Å². The van der Waals surface area contributed by atoms with Gasteiger partial charge in [0.05, 0.1) is 5.92 Å². The van der Waals surface area contributed by atoms with Crippen LogP contribution in [0.3, 0.4) is 0 Å². The molecule has 0 bridgehead atoms. The monoisotopic (exact) mass is 328 g/mol. The number of ketones is 4. The van der Waals surface area contributed by atoms with Crippen LogP contribution in [0.15, 0.2) is 24.3 Å². The smallest absolute Gasteiger partial charge is 0.138 e. The van der Waals surface area contributed by atoms with Gasteiger partial charge in [-0.3, -0.25) is 14.4 Å². The van der Waals surface area contributed by atoms with E-state index in [1.807, 2.05) is 24.3 Å². The molecule has 4 unspecified atom stereocenters. The minimum atomic E-state index is -0.458. The molecule has 0 radical (unpaired) electrons. The summed E-state index contributed by atoms with van der Waals surface area (Å²) in [5, 5.41) is 0. The van der Waals surface area contributed by atoms with Gasteiger partial charge in [-0.2, -0.15) is 0 Å². The maximum Gasteiger partial charge on any atom is 0.138 e. The Morgan fingerprint density at radius 3 is 2.00 bits per heavy atom. The Bertz CT molecular complexity index is 689. The number of Topliss-reactive ketones (excluding diaryl/α,β-unsaturated/α-hetero) is 4. The summed E-state index contributed by atoms with van der Waals surface area (Å²) in [6, 6.07) is 7.51. The van der Waals surface area contributed by atoms with Crippen LogP contribution < -0.4 is 0 Å². The van der Waals surface area contributed by atoms with Crippen LogP contribution in [-0.4, -0.2) is 23.1 Å². The summed E-state index contributed by atoms with van der Waals surface area (Å²) < 4.78 is 0. The van der Waals surface area contributed by atoms with Crippen LogP contribution >= 0.6 is 0 Å². The highest BCUT2D eigenvalue weighted by atomic mass is 16.1. The van der Waals surface area contributed by atoms with Crippen LogP contribution in [0.4, 0.5) is 0 Å². The summed E-state index contributed by atoms with van der Waals surface area (Å²) in [6.07, 6.45) is 0.609. The fraction of sp³-hybridized carbons (Fsp3) is 0.500. The van der Waals surface area contributed by atoms with E-state index in [0.29, 0.717) is 6.42 Å². The fourth-order valence-electron chi connectivity index (χ4n) is 4.05. The molecule has 1 aliphatic rings. The number of fused-ring (bicyclic) bond motifs is 1. The van der Waals surface area contributed by atoms with Crippen molar-refractivity contribution >= 4 is 23.1 Å². The summed E-state index contributed by atoms with van der Waals surface area (Å²) in [4.78, 5) is 48.2. The Balaban J connectivity index is 2.58. The van der Waals surface area contributed by atoms with E-state index in [1.54, 1.807) is 0 Å². The second kappa shape index (κ2) is 7.20. The molecule has 0 fully saturated rings. The zero-order valence-electron chi connectivity index (χ0n) is 14.7. The molecule has 0 saturated heterocycles. The van der Waals surface area contributed by atoms with Gasteiger partial charge in [-0.15, -0.1) is 0 Å². The van der Waals surface area contributed by atoms with Crippen molar-refractivity contribution < 1.29 is 19.2 Å². The average Bonchev–Trinajstić information content (AvgIpc) is 2.50. The van der Waals surface area contributed by atoms with Gasteiger partial charge < -0.3 is 4.79 Å². The van der Waals surface area contributed by atoms with E-state index in [0.717, 1.165) is 11.1 Å². The van der Waals surface area contributed by atoms with Gasteiger partial charge in [0, 0.05) is 18.3 Å². The van der Waals surface area contributed by atoms with Gasteiger partial charge in [-0.05, 0) is 51.2 Å². The van der Waals surface area contributed by atoms with Crippen molar-refractivity contribution in [3.05, 3.63) is 35.4 Å².